The first-order valence-electron chi connectivity index (χ1n) is 9.86. The Morgan fingerprint density at radius 1 is 1.16 bits per heavy atom. The zero-order valence-corrected chi connectivity index (χ0v) is 19.8. The average Bonchev–Trinajstić information content (AvgIpc) is 3.58. The Kier molecular flexibility index (Phi) is 8.03. The van der Waals surface area contributed by atoms with E-state index in [2.05, 4.69) is 43.8 Å². The summed E-state index contributed by atoms with van der Waals surface area (Å²) in [5.74, 6) is -1.01. The van der Waals surface area contributed by atoms with Gasteiger partial charge < -0.3 is 20.1 Å². The average molecular weight is 550 g/mol. The van der Waals surface area contributed by atoms with E-state index in [1.165, 1.54) is 13.3 Å². The lowest BCUT2D eigenvalue weighted by atomic mass is 10.2. The molecular formula is C22H23IN4O5. The fourth-order valence-corrected chi connectivity index (χ4v) is 3.40. The molecule has 0 aromatic heterocycles. The fourth-order valence-electron chi connectivity index (χ4n) is 2.62. The highest BCUT2D eigenvalue weighted by atomic mass is 127. The highest BCUT2D eigenvalue weighted by Gasteiger charge is 2.26. The van der Waals surface area contributed by atoms with Crippen LogP contribution in [0.15, 0.2) is 41.5 Å². The van der Waals surface area contributed by atoms with Gasteiger partial charge in [-0.2, -0.15) is 5.10 Å². The van der Waals surface area contributed by atoms with Crippen LogP contribution in [0.3, 0.4) is 0 Å². The molecule has 32 heavy (non-hydrogen) atoms. The Labute approximate surface area is 199 Å². The van der Waals surface area contributed by atoms with E-state index >= 15 is 0 Å². The topological polar surface area (TPSA) is 118 Å². The SMILES string of the molecule is COc1cc(/C=N\NC(=O)C(=O)NC2CC2)cc(I)c1OCC(=O)Nc1ccc(C)cc1. The molecule has 0 spiro atoms. The monoisotopic (exact) mass is 550 g/mol. The lowest BCUT2D eigenvalue weighted by Crippen LogP contribution is -2.38. The van der Waals surface area contributed by atoms with E-state index in [0.717, 1.165) is 18.4 Å². The first kappa shape index (κ1) is 23.5. The van der Waals surface area contributed by atoms with Gasteiger partial charge in [-0.15, -0.1) is 0 Å². The quantitative estimate of drug-likeness (QED) is 0.202. The summed E-state index contributed by atoms with van der Waals surface area (Å²) in [6, 6.07) is 10.9. The number of methoxy groups -OCH3 is 1. The molecule has 0 bridgehead atoms. The number of anilines is 1. The number of benzene rings is 2. The van der Waals surface area contributed by atoms with Gasteiger partial charge in [0, 0.05) is 11.7 Å². The number of hydrogen-bond donors (Lipinski definition) is 3. The van der Waals surface area contributed by atoms with E-state index < -0.39 is 11.8 Å². The molecule has 0 radical (unpaired) electrons. The summed E-state index contributed by atoms with van der Waals surface area (Å²) in [5.41, 5.74) is 4.60. The van der Waals surface area contributed by atoms with Crippen LogP contribution >= 0.6 is 22.6 Å². The molecule has 2 aromatic rings. The number of rotatable bonds is 8. The molecule has 9 nitrogen and oxygen atoms in total. The highest BCUT2D eigenvalue weighted by Crippen LogP contribution is 2.33. The number of hydrogen-bond acceptors (Lipinski definition) is 6. The maximum Gasteiger partial charge on any atom is 0.329 e. The zero-order chi connectivity index (χ0) is 23.1. The van der Waals surface area contributed by atoms with Crippen LogP contribution in [0.4, 0.5) is 5.69 Å². The molecular weight excluding hydrogens is 527 g/mol. The third kappa shape index (κ3) is 6.94. The number of nitrogens with zero attached hydrogens (tertiary/aromatic N) is 1. The Balaban J connectivity index is 1.57. The van der Waals surface area contributed by atoms with Gasteiger partial charge in [0.05, 0.1) is 16.9 Å². The van der Waals surface area contributed by atoms with Crippen LogP contribution in [0, 0.1) is 10.5 Å². The van der Waals surface area contributed by atoms with E-state index in [1.54, 1.807) is 12.1 Å². The van der Waals surface area contributed by atoms with Gasteiger partial charge in [0.15, 0.2) is 18.1 Å². The second-order valence-electron chi connectivity index (χ2n) is 7.18. The Morgan fingerprint density at radius 2 is 1.88 bits per heavy atom. The van der Waals surface area contributed by atoms with Crippen molar-refractivity contribution in [3.05, 3.63) is 51.1 Å². The van der Waals surface area contributed by atoms with Gasteiger partial charge in [0.25, 0.3) is 5.91 Å². The number of ether oxygens (including phenoxy) is 2. The maximum atomic E-state index is 12.2. The molecule has 3 rings (SSSR count). The second kappa shape index (κ2) is 10.9. The second-order valence-corrected chi connectivity index (χ2v) is 8.35. The van der Waals surface area contributed by atoms with Gasteiger partial charge in [-0.3, -0.25) is 14.4 Å². The summed E-state index contributed by atoms with van der Waals surface area (Å²) in [4.78, 5) is 35.5. The van der Waals surface area contributed by atoms with Crippen molar-refractivity contribution in [1.82, 2.24) is 10.7 Å². The number of amides is 3. The molecule has 10 heteroatoms. The maximum absolute atomic E-state index is 12.2. The van der Waals surface area contributed by atoms with Crippen LogP contribution in [0.2, 0.25) is 0 Å². The van der Waals surface area contributed by atoms with Crippen LogP contribution in [0.5, 0.6) is 11.5 Å². The normalized spacial score (nSPS) is 12.8. The molecule has 1 saturated carbocycles. The van der Waals surface area contributed by atoms with Crippen LogP contribution in [0.1, 0.15) is 24.0 Å². The van der Waals surface area contributed by atoms with Gasteiger partial charge in [0.2, 0.25) is 0 Å². The molecule has 0 unspecified atom stereocenters. The van der Waals surface area contributed by atoms with Gasteiger partial charge in [-0.1, -0.05) is 17.7 Å². The summed E-state index contributed by atoms with van der Waals surface area (Å²) < 4.78 is 11.7. The third-order valence-corrected chi connectivity index (χ3v) is 5.23. The van der Waals surface area contributed by atoms with Gasteiger partial charge in [-0.25, -0.2) is 5.43 Å². The number of hydrazone groups is 1. The minimum absolute atomic E-state index is 0.0922. The molecule has 168 valence electrons. The Bertz CT molecular complexity index is 1040. The molecule has 2 aromatic carbocycles. The van der Waals surface area contributed by atoms with Crippen molar-refractivity contribution in [2.75, 3.05) is 19.0 Å². The van der Waals surface area contributed by atoms with Crippen molar-refractivity contribution in [2.24, 2.45) is 5.10 Å². The Morgan fingerprint density at radius 3 is 2.53 bits per heavy atom. The van der Waals surface area contributed by atoms with E-state index in [-0.39, 0.29) is 18.6 Å². The lowest BCUT2D eigenvalue weighted by molar-refractivity contribution is -0.139. The van der Waals surface area contributed by atoms with E-state index in [0.29, 0.717) is 26.3 Å². The van der Waals surface area contributed by atoms with Crippen molar-refractivity contribution >= 4 is 52.2 Å². The predicted molar refractivity (Wildman–Crippen MR) is 128 cm³/mol. The molecule has 1 aliphatic carbocycles. The van der Waals surface area contributed by atoms with Crippen molar-refractivity contribution in [3.63, 3.8) is 0 Å². The third-order valence-electron chi connectivity index (χ3n) is 4.43. The minimum atomic E-state index is -0.825. The molecule has 3 amide bonds. The Hall–Kier alpha value is -3.15. The lowest BCUT2D eigenvalue weighted by Gasteiger charge is -2.13. The van der Waals surface area contributed by atoms with Gasteiger partial charge in [-0.05, 0) is 72.2 Å². The van der Waals surface area contributed by atoms with Crippen LogP contribution < -0.4 is 25.5 Å². The molecule has 1 fully saturated rings. The summed E-state index contributed by atoms with van der Waals surface area (Å²) in [6.45, 7) is 1.77. The molecule has 1 aliphatic rings. The minimum Gasteiger partial charge on any atom is -0.493 e. The fraction of sp³-hybridized carbons (Fsp3) is 0.273. The van der Waals surface area contributed by atoms with Crippen molar-refractivity contribution in [2.45, 2.75) is 25.8 Å². The zero-order valence-electron chi connectivity index (χ0n) is 17.6. The summed E-state index contributed by atoms with van der Waals surface area (Å²) >= 11 is 2.06. The first-order valence-corrected chi connectivity index (χ1v) is 10.9. The number of halogens is 1. The van der Waals surface area contributed by atoms with Crippen LogP contribution in [-0.4, -0.2) is 43.7 Å². The summed E-state index contributed by atoms with van der Waals surface area (Å²) in [5, 5.41) is 9.17. The predicted octanol–water partition coefficient (Wildman–Crippen LogP) is 2.35. The van der Waals surface area contributed by atoms with Crippen LogP contribution in [-0.2, 0) is 14.4 Å². The summed E-state index contributed by atoms with van der Waals surface area (Å²) in [6.07, 6.45) is 3.17. The molecule has 0 saturated heterocycles. The van der Waals surface area contributed by atoms with Gasteiger partial charge >= 0.3 is 11.8 Å². The number of aryl methyl sites for hydroxylation is 1. The van der Waals surface area contributed by atoms with E-state index in [9.17, 15) is 14.4 Å². The molecule has 0 aliphatic heterocycles. The largest absolute Gasteiger partial charge is 0.493 e. The molecule has 0 atom stereocenters. The number of nitrogens with one attached hydrogen (secondary N) is 3. The number of carbonyl (C=O) groups excluding carboxylic acids is 3. The first-order chi connectivity index (χ1) is 15.4. The molecule has 3 N–H and O–H groups in total. The van der Waals surface area contributed by atoms with Gasteiger partial charge in [0.1, 0.15) is 0 Å². The molecule has 0 heterocycles. The van der Waals surface area contributed by atoms with Crippen molar-refractivity contribution in [1.29, 1.82) is 0 Å². The highest BCUT2D eigenvalue weighted by molar-refractivity contribution is 14.1. The van der Waals surface area contributed by atoms with Crippen LogP contribution in [0.25, 0.3) is 0 Å². The van der Waals surface area contributed by atoms with Crippen molar-refractivity contribution < 1.29 is 23.9 Å². The number of carbonyl (C=O) groups is 3. The standard InChI is InChI=1S/C22H23IN4O5/c1-13-3-5-15(6-4-13)25-19(28)12-32-20-17(23)9-14(10-18(20)31-2)11-24-27-22(30)21(29)26-16-7-8-16/h3-6,9-11,16H,7-8,12H2,1-2H3,(H,25,28)(H,26,29)(H,27,30)/b24-11-. The summed E-state index contributed by atoms with van der Waals surface area (Å²) in [7, 11) is 1.48. The smallest absolute Gasteiger partial charge is 0.329 e. The van der Waals surface area contributed by atoms with E-state index in [4.69, 9.17) is 9.47 Å². The van der Waals surface area contributed by atoms with E-state index in [1.807, 2.05) is 31.2 Å². The van der Waals surface area contributed by atoms with Crippen molar-refractivity contribution in [3.8, 4) is 11.5 Å².